The van der Waals surface area contributed by atoms with E-state index >= 15 is 0 Å². The molecule has 2 heterocycles. The molecule has 0 spiro atoms. The minimum atomic E-state index is 1.03. The summed E-state index contributed by atoms with van der Waals surface area (Å²) in [7, 11) is 0. The molecule has 0 saturated carbocycles. The van der Waals surface area contributed by atoms with Gasteiger partial charge in [0.15, 0.2) is 0 Å². The van der Waals surface area contributed by atoms with Crippen molar-refractivity contribution in [3.05, 3.63) is 22.4 Å². The molecule has 1 aliphatic heterocycles. The second kappa shape index (κ2) is 6.26. The van der Waals surface area contributed by atoms with E-state index in [9.17, 15) is 0 Å². The summed E-state index contributed by atoms with van der Waals surface area (Å²) in [6.07, 6.45) is 4.09. The van der Waals surface area contributed by atoms with E-state index in [0.717, 1.165) is 13.1 Å². The first-order valence-electron chi connectivity index (χ1n) is 5.89. The number of nitrogens with zero attached hydrogens (tertiary/aromatic N) is 1. The summed E-state index contributed by atoms with van der Waals surface area (Å²) < 4.78 is 0. The molecule has 1 N–H and O–H groups in total. The molecule has 1 aliphatic rings. The summed E-state index contributed by atoms with van der Waals surface area (Å²) >= 11 is 1.78. The van der Waals surface area contributed by atoms with Crippen molar-refractivity contribution < 1.29 is 0 Å². The number of thiophene rings is 1. The topological polar surface area (TPSA) is 15.3 Å². The van der Waals surface area contributed by atoms with E-state index in [1.807, 2.05) is 0 Å². The van der Waals surface area contributed by atoms with Crippen molar-refractivity contribution in [1.29, 1.82) is 0 Å². The molecule has 1 aromatic rings. The smallest absolute Gasteiger partial charge is 0.0213 e. The summed E-state index contributed by atoms with van der Waals surface area (Å²) in [5.41, 5.74) is 1.42. The molecule has 1 saturated heterocycles. The summed E-state index contributed by atoms with van der Waals surface area (Å²) in [6.45, 7) is 6.10. The van der Waals surface area contributed by atoms with Crippen LogP contribution in [0.3, 0.4) is 0 Å². The first-order valence-corrected chi connectivity index (χ1v) is 6.83. The second-order valence-corrected chi connectivity index (χ2v) is 4.99. The Balaban J connectivity index is 1.48. The highest BCUT2D eigenvalue weighted by Gasteiger charge is 2.09. The zero-order chi connectivity index (χ0) is 10.3. The standard InChI is InChI=1S/C12H20N2S/c1-2-7-14(6-1)8-3-5-13-10-12-4-9-15-11-12/h4,9,11,13H,1-3,5-8,10H2. The van der Waals surface area contributed by atoms with Crippen molar-refractivity contribution >= 4 is 11.3 Å². The van der Waals surface area contributed by atoms with Gasteiger partial charge in [-0.05, 0) is 67.8 Å². The van der Waals surface area contributed by atoms with Crippen LogP contribution in [-0.2, 0) is 6.54 Å². The van der Waals surface area contributed by atoms with Crippen LogP contribution in [0.5, 0.6) is 0 Å². The highest BCUT2D eigenvalue weighted by Crippen LogP contribution is 2.07. The van der Waals surface area contributed by atoms with Crippen LogP contribution in [0.2, 0.25) is 0 Å². The van der Waals surface area contributed by atoms with Gasteiger partial charge in [0, 0.05) is 6.54 Å². The Labute approximate surface area is 96.3 Å². The Bertz CT molecular complexity index is 253. The minimum absolute atomic E-state index is 1.03. The molecule has 0 bridgehead atoms. The molecule has 2 nitrogen and oxygen atoms in total. The van der Waals surface area contributed by atoms with Gasteiger partial charge in [0.2, 0.25) is 0 Å². The largest absolute Gasteiger partial charge is 0.313 e. The maximum absolute atomic E-state index is 3.49. The normalized spacial score (nSPS) is 17.3. The Morgan fingerprint density at radius 1 is 1.33 bits per heavy atom. The van der Waals surface area contributed by atoms with E-state index in [0.29, 0.717) is 0 Å². The number of nitrogens with one attached hydrogen (secondary N) is 1. The second-order valence-electron chi connectivity index (χ2n) is 4.21. The van der Waals surface area contributed by atoms with E-state index in [4.69, 9.17) is 0 Å². The molecule has 2 rings (SSSR count). The van der Waals surface area contributed by atoms with Gasteiger partial charge in [-0.3, -0.25) is 0 Å². The average molecular weight is 224 g/mol. The lowest BCUT2D eigenvalue weighted by Crippen LogP contribution is -2.24. The fourth-order valence-electron chi connectivity index (χ4n) is 2.06. The molecule has 1 aromatic heterocycles. The predicted octanol–water partition coefficient (Wildman–Crippen LogP) is 2.32. The maximum atomic E-state index is 3.49. The van der Waals surface area contributed by atoms with E-state index < -0.39 is 0 Å². The lowest BCUT2D eigenvalue weighted by Gasteiger charge is -2.14. The number of hydrogen-bond acceptors (Lipinski definition) is 3. The van der Waals surface area contributed by atoms with E-state index in [1.165, 1.54) is 44.5 Å². The molecule has 0 unspecified atom stereocenters. The van der Waals surface area contributed by atoms with Crippen molar-refractivity contribution in [2.24, 2.45) is 0 Å². The van der Waals surface area contributed by atoms with Gasteiger partial charge >= 0.3 is 0 Å². The SMILES string of the molecule is c1cc(CNCCCN2CCCC2)cs1. The van der Waals surface area contributed by atoms with Crippen LogP contribution in [0, 0.1) is 0 Å². The quantitative estimate of drug-likeness (QED) is 0.746. The Morgan fingerprint density at radius 2 is 2.20 bits per heavy atom. The number of likely N-dealkylation sites (tertiary alicyclic amines) is 1. The maximum Gasteiger partial charge on any atom is 0.0213 e. The molecule has 0 radical (unpaired) electrons. The molecule has 0 atom stereocenters. The first kappa shape index (κ1) is 11.1. The van der Waals surface area contributed by atoms with Crippen LogP contribution in [0.4, 0.5) is 0 Å². The van der Waals surface area contributed by atoms with Gasteiger partial charge < -0.3 is 10.2 Å². The van der Waals surface area contributed by atoms with Gasteiger partial charge in [0.1, 0.15) is 0 Å². The molecule has 84 valence electrons. The Hall–Kier alpha value is -0.380. The summed E-state index contributed by atoms with van der Waals surface area (Å²) in [5, 5.41) is 7.85. The van der Waals surface area contributed by atoms with Gasteiger partial charge in [-0.1, -0.05) is 0 Å². The molecule has 0 amide bonds. The van der Waals surface area contributed by atoms with E-state index in [-0.39, 0.29) is 0 Å². The van der Waals surface area contributed by atoms with Gasteiger partial charge in [-0.2, -0.15) is 11.3 Å². The van der Waals surface area contributed by atoms with Crippen LogP contribution in [0.1, 0.15) is 24.8 Å². The lowest BCUT2D eigenvalue weighted by atomic mass is 10.3. The molecular weight excluding hydrogens is 204 g/mol. The van der Waals surface area contributed by atoms with Crippen LogP contribution >= 0.6 is 11.3 Å². The van der Waals surface area contributed by atoms with Gasteiger partial charge in [-0.15, -0.1) is 0 Å². The van der Waals surface area contributed by atoms with Crippen LogP contribution in [0.15, 0.2) is 16.8 Å². The minimum Gasteiger partial charge on any atom is -0.313 e. The van der Waals surface area contributed by atoms with Crippen LogP contribution in [-0.4, -0.2) is 31.1 Å². The summed E-state index contributed by atoms with van der Waals surface area (Å²) in [5.74, 6) is 0. The first-order chi connectivity index (χ1) is 7.45. The fourth-order valence-corrected chi connectivity index (χ4v) is 2.73. The van der Waals surface area contributed by atoms with Gasteiger partial charge in [0.25, 0.3) is 0 Å². The van der Waals surface area contributed by atoms with Crippen molar-refractivity contribution in [3.8, 4) is 0 Å². The zero-order valence-corrected chi connectivity index (χ0v) is 10.1. The molecule has 0 aromatic carbocycles. The van der Waals surface area contributed by atoms with E-state index in [1.54, 1.807) is 11.3 Å². The summed E-state index contributed by atoms with van der Waals surface area (Å²) in [6, 6.07) is 2.19. The number of hydrogen-bond donors (Lipinski definition) is 1. The average Bonchev–Trinajstić information content (AvgIpc) is 2.88. The molecule has 3 heteroatoms. The third-order valence-corrected chi connectivity index (χ3v) is 3.67. The van der Waals surface area contributed by atoms with Crippen molar-refractivity contribution in [2.75, 3.05) is 26.2 Å². The zero-order valence-electron chi connectivity index (χ0n) is 9.24. The van der Waals surface area contributed by atoms with Crippen molar-refractivity contribution in [3.63, 3.8) is 0 Å². The molecule has 1 fully saturated rings. The highest BCUT2D eigenvalue weighted by molar-refractivity contribution is 7.07. The molecule has 0 aliphatic carbocycles. The Morgan fingerprint density at radius 3 is 2.93 bits per heavy atom. The fraction of sp³-hybridized carbons (Fsp3) is 0.667. The van der Waals surface area contributed by atoms with Gasteiger partial charge in [0.05, 0.1) is 0 Å². The third-order valence-electron chi connectivity index (χ3n) is 2.94. The van der Waals surface area contributed by atoms with Crippen LogP contribution < -0.4 is 5.32 Å². The number of rotatable bonds is 6. The van der Waals surface area contributed by atoms with Crippen molar-refractivity contribution in [1.82, 2.24) is 10.2 Å². The van der Waals surface area contributed by atoms with Crippen LogP contribution in [0.25, 0.3) is 0 Å². The monoisotopic (exact) mass is 224 g/mol. The lowest BCUT2D eigenvalue weighted by molar-refractivity contribution is 0.331. The highest BCUT2D eigenvalue weighted by atomic mass is 32.1. The Kier molecular flexibility index (Phi) is 4.64. The van der Waals surface area contributed by atoms with E-state index in [2.05, 4.69) is 27.0 Å². The molecule has 15 heavy (non-hydrogen) atoms. The predicted molar refractivity (Wildman–Crippen MR) is 66.3 cm³/mol. The molecular formula is C12H20N2S. The summed E-state index contributed by atoms with van der Waals surface area (Å²) in [4.78, 5) is 2.58. The van der Waals surface area contributed by atoms with Gasteiger partial charge in [-0.25, -0.2) is 0 Å². The third kappa shape index (κ3) is 3.93. The van der Waals surface area contributed by atoms with Crippen molar-refractivity contribution in [2.45, 2.75) is 25.8 Å².